The summed E-state index contributed by atoms with van der Waals surface area (Å²) in [6.07, 6.45) is 0.0753. The molecule has 0 fully saturated rings. The van der Waals surface area contributed by atoms with Crippen LogP contribution in [0.5, 0.6) is 11.6 Å². The van der Waals surface area contributed by atoms with Gasteiger partial charge in [0.15, 0.2) is 5.69 Å². The summed E-state index contributed by atoms with van der Waals surface area (Å²) < 4.78 is 5.19. The van der Waals surface area contributed by atoms with E-state index in [2.05, 4.69) is 15.2 Å². The smallest absolute Gasteiger partial charge is 0.269 e. The Labute approximate surface area is 159 Å². The summed E-state index contributed by atoms with van der Waals surface area (Å²) >= 11 is 12.2. The van der Waals surface area contributed by atoms with Crippen molar-refractivity contribution in [3.8, 4) is 11.6 Å². The van der Waals surface area contributed by atoms with Gasteiger partial charge in [-0.25, -0.2) is 0 Å². The van der Waals surface area contributed by atoms with Gasteiger partial charge in [-0.1, -0.05) is 35.3 Å². The van der Waals surface area contributed by atoms with Gasteiger partial charge in [-0.3, -0.25) is 4.79 Å². The van der Waals surface area contributed by atoms with E-state index in [1.165, 1.54) is 0 Å². The molecule has 1 heterocycles. The Bertz CT molecular complexity index is 1030. The third-order valence-electron chi connectivity index (χ3n) is 3.88. The van der Waals surface area contributed by atoms with E-state index < -0.39 is 5.91 Å². The maximum absolute atomic E-state index is 12.1. The van der Waals surface area contributed by atoms with E-state index in [1.807, 2.05) is 13.0 Å². The Balaban J connectivity index is 1.85. The average molecular weight is 392 g/mol. The standard InChI is InChI=1S/C18H15Cl2N3O3/c1-9-7-10(3-6-13(9)26-2)8-14(24)22-23-17-15-11(19)4-5-12(20)16(15)21-18(17)25/h3-7,21,25H,8H2,1-2H3. The molecular weight excluding hydrogens is 377 g/mol. The summed E-state index contributed by atoms with van der Waals surface area (Å²) in [7, 11) is 1.59. The van der Waals surface area contributed by atoms with E-state index >= 15 is 0 Å². The van der Waals surface area contributed by atoms with Gasteiger partial charge in [0.05, 0.1) is 34.5 Å². The van der Waals surface area contributed by atoms with Crippen molar-refractivity contribution in [3.63, 3.8) is 0 Å². The monoisotopic (exact) mass is 391 g/mol. The second kappa shape index (κ2) is 7.35. The van der Waals surface area contributed by atoms with Crippen molar-refractivity contribution in [2.45, 2.75) is 13.3 Å². The number of aromatic amines is 1. The first-order valence-corrected chi connectivity index (χ1v) is 8.43. The van der Waals surface area contributed by atoms with Gasteiger partial charge < -0.3 is 14.8 Å². The zero-order valence-electron chi connectivity index (χ0n) is 14.0. The first kappa shape index (κ1) is 18.2. The second-order valence-electron chi connectivity index (χ2n) is 5.68. The number of benzene rings is 2. The number of carbonyl (C=O) groups excluding carboxylic acids is 1. The molecule has 0 aliphatic rings. The number of hydrogen-bond donors (Lipinski definition) is 2. The molecule has 1 amide bonds. The maximum Gasteiger partial charge on any atom is 0.269 e. The number of fused-ring (bicyclic) bond motifs is 1. The number of methoxy groups -OCH3 is 1. The highest BCUT2D eigenvalue weighted by atomic mass is 35.5. The van der Waals surface area contributed by atoms with Crippen LogP contribution in [0.25, 0.3) is 10.9 Å². The summed E-state index contributed by atoms with van der Waals surface area (Å²) in [5.41, 5.74) is 2.22. The van der Waals surface area contributed by atoms with Crippen LogP contribution < -0.4 is 4.74 Å². The fourth-order valence-electron chi connectivity index (χ4n) is 2.67. The number of ether oxygens (including phenoxy) is 1. The molecule has 6 nitrogen and oxygen atoms in total. The molecule has 0 unspecified atom stereocenters. The Hall–Kier alpha value is -2.57. The second-order valence-corrected chi connectivity index (χ2v) is 6.49. The van der Waals surface area contributed by atoms with Gasteiger partial charge in [0.1, 0.15) is 5.75 Å². The van der Waals surface area contributed by atoms with Crippen molar-refractivity contribution in [1.29, 1.82) is 0 Å². The van der Waals surface area contributed by atoms with Crippen LogP contribution in [0.2, 0.25) is 10.0 Å². The molecule has 0 saturated heterocycles. The van der Waals surface area contributed by atoms with Gasteiger partial charge in [0, 0.05) is 0 Å². The third-order valence-corrected chi connectivity index (χ3v) is 4.51. The van der Waals surface area contributed by atoms with Crippen LogP contribution in [0.4, 0.5) is 5.69 Å². The van der Waals surface area contributed by atoms with Gasteiger partial charge in [0.2, 0.25) is 5.88 Å². The summed E-state index contributed by atoms with van der Waals surface area (Å²) in [6, 6.07) is 8.62. The number of H-pyrrole nitrogens is 1. The Morgan fingerprint density at radius 1 is 1.23 bits per heavy atom. The SMILES string of the molecule is COc1ccc(CC(=O)N=Nc2c(O)[nH]c3c(Cl)ccc(Cl)c23)cc1C. The highest BCUT2D eigenvalue weighted by molar-refractivity contribution is 6.41. The van der Waals surface area contributed by atoms with Crippen molar-refractivity contribution in [2.75, 3.05) is 7.11 Å². The zero-order valence-corrected chi connectivity index (χ0v) is 15.5. The molecule has 0 saturated carbocycles. The van der Waals surface area contributed by atoms with Gasteiger partial charge >= 0.3 is 0 Å². The highest BCUT2D eigenvalue weighted by Crippen LogP contribution is 2.42. The fourth-order valence-corrected chi connectivity index (χ4v) is 3.12. The van der Waals surface area contributed by atoms with E-state index in [-0.39, 0.29) is 18.0 Å². The minimum atomic E-state index is -0.457. The van der Waals surface area contributed by atoms with Crippen LogP contribution in [0.15, 0.2) is 40.6 Å². The number of azo groups is 1. The van der Waals surface area contributed by atoms with E-state index in [4.69, 9.17) is 27.9 Å². The summed E-state index contributed by atoms with van der Waals surface area (Å²) in [4.78, 5) is 14.8. The van der Waals surface area contributed by atoms with Crippen LogP contribution in [0, 0.1) is 6.92 Å². The van der Waals surface area contributed by atoms with Crippen molar-refractivity contribution in [2.24, 2.45) is 10.2 Å². The molecule has 3 aromatic rings. The van der Waals surface area contributed by atoms with Gasteiger partial charge in [0.25, 0.3) is 5.91 Å². The predicted molar refractivity (Wildman–Crippen MR) is 101 cm³/mol. The van der Waals surface area contributed by atoms with Gasteiger partial charge in [-0.05, 0) is 36.2 Å². The molecule has 2 N–H and O–H groups in total. The van der Waals surface area contributed by atoms with Gasteiger partial charge in [-0.2, -0.15) is 0 Å². The number of rotatable bonds is 4. The summed E-state index contributed by atoms with van der Waals surface area (Å²) in [5, 5.41) is 18.7. The minimum Gasteiger partial charge on any atom is -0.496 e. The Morgan fingerprint density at radius 3 is 2.65 bits per heavy atom. The molecule has 0 bridgehead atoms. The van der Waals surface area contributed by atoms with E-state index in [1.54, 1.807) is 31.4 Å². The maximum atomic E-state index is 12.1. The average Bonchev–Trinajstić information content (AvgIpc) is 2.94. The number of aromatic nitrogens is 1. The molecule has 0 radical (unpaired) electrons. The Morgan fingerprint density at radius 2 is 1.96 bits per heavy atom. The van der Waals surface area contributed by atoms with Crippen LogP contribution in [0.3, 0.4) is 0 Å². The number of nitrogens with one attached hydrogen (secondary N) is 1. The molecule has 0 aliphatic carbocycles. The number of hydrogen-bond acceptors (Lipinski definition) is 4. The van der Waals surface area contributed by atoms with E-state index in [0.29, 0.717) is 20.9 Å². The van der Waals surface area contributed by atoms with Crippen LogP contribution in [-0.4, -0.2) is 23.1 Å². The number of nitrogens with zero attached hydrogens (tertiary/aromatic N) is 2. The first-order valence-electron chi connectivity index (χ1n) is 7.67. The molecule has 2 aromatic carbocycles. The van der Waals surface area contributed by atoms with Crippen molar-refractivity contribution in [3.05, 3.63) is 51.5 Å². The van der Waals surface area contributed by atoms with Crippen molar-refractivity contribution < 1.29 is 14.6 Å². The molecule has 0 atom stereocenters. The predicted octanol–water partition coefficient (Wildman–Crippen LogP) is 5.35. The Kier molecular flexibility index (Phi) is 5.15. The quantitative estimate of drug-likeness (QED) is 0.587. The van der Waals surface area contributed by atoms with Gasteiger partial charge in [-0.15, -0.1) is 10.2 Å². The molecule has 1 aromatic heterocycles. The van der Waals surface area contributed by atoms with E-state index in [9.17, 15) is 9.90 Å². The lowest BCUT2D eigenvalue weighted by Crippen LogP contribution is -1.99. The lowest BCUT2D eigenvalue weighted by molar-refractivity contribution is -0.117. The molecule has 0 spiro atoms. The fraction of sp³-hybridized carbons (Fsp3) is 0.167. The summed E-state index contributed by atoms with van der Waals surface area (Å²) in [5.74, 6) is 0.0337. The molecule has 134 valence electrons. The summed E-state index contributed by atoms with van der Waals surface area (Å²) in [6.45, 7) is 1.89. The number of carbonyl (C=O) groups is 1. The normalized spacial score (nSPS) is 11.4. The molecule has 26 heavy (non-hydrogen) atoms. The van der Waals surface area contributed by atoms with Crippen LogP contribution in [0.1, 0.15) is 11.1 Å². The molecular formula is C18H15Cl2N3O3. The highest BCUT2D eigenvalue weighted by Gasteiger charge is 2.16. The lowest BCUT2D eigenvalue weighted by Gasteiger charge is -2.05. The number of aromatic hydroxyl groups is 1. The number of aryl methyl sites for hydroxylation is 1. The molecule has 8 heteroatoms. The van der Waals surface area contributed by atoms with Crippen molar-refractivity contribution in [1.82, 2.24) is 4.98 Å². The minimum absolute atomic E-state index is 0.0753. The molecule has 3 rings (SSSR count). The first-order chi connectivity index (χ1) is 12.4. The third kappa shape index (κ3) is 3.52. The van der Waals surface area contributed by atoms with Crippen molar-refractivity contribution >= 4 is 45.7 Å². The number of halogens is 2. The van der Waals surface area contributed by atoms with E-state index in [0.717, 1.165) is 16.9 Å². The van der Waals surface area contributed by atoms with Crippen LogP contribution in [-0.2, 0) is 11.2 Å². The zero-order chi connectivity index (χ0) is 18.8. The largest absolute Gasteiger partial charge is 0.496 e. The lowest BCUT2D eigenvalue weighted by atomic mass is 10.1. The number of amides is 1. The molecule has 0 aliphatic heterocycles. The topological polar surface area (TPSA) is 87.0 Å². The van der Waals surface area contributed by atoms with Crippen LogP contribution >= 0.6 is 23.2 Å².